The van der Waals surface area contributed by atoms with Crippen molar-refractivity contribution in [1.82, 2.24) is 9.38 Å². The summed E-state index contributed by atoms with van der Waals surface area (Å²) in [6.07, 6.45) is 0. The second-order valence-corrected chi connectivity index (χ2v) is 9.85. The van der Waals surface area contributed by atoms with Crippen LogP contribution in [-0.4, -0.2) is 21.3 Å². The summed E-state index contributed by atoms with van der Waals surface area (Å²) in [6, 6.07) is 15.3. The quantitative estimate of drug-likeness (QED) is 0.412. The molecule has 4 rings (SSSR count). The number of aryl methyl sites for hydroxylation is 1. The van der Waals surface area contributed by atoms with E-state index >= 15 is 0 Å². The highest BCUT2D eigenvalue weighted by Crippen LogP contribution is 2.22. The standard InChI is InChI=1S/C26H25N3O4S/c1-16-15-34-25-28-21(13-22(30)29(16)25)14-33-24(32)18-7-11-20(12-8-18)27-23(31)17-5-9-19(10-6-17)26(2,3)4/h5-13,15H,14H2,1-4H3,(H,27,31). The number of rotatable bonds is 5. The monoisotopic (exact) mass is 475 g/mol. The Morgan fingerprint density at radius 3 is 2.32 bits per heavy atom. The average molecular weight is 476 g/mol. The van der Waals surface area contributed by atoms with Crippen molar-refractivity contribution in [2.24, 2.45) is 0 Å². The molecular formula is C26H25N3O4S. The Balaban J connectivity index is 1.37. The molecule has 8 heteroatoms. The zero-order chi connectivity index (χ0) is 24.5. The molecule has 1 N–H and O–H groups in total. The average Bonchev–Trinajstić information content (AvgIpc) is 3.18. The van der Waals surface area contributed by atoms with E-state index in [0.29, 0.717) is 27.5 Å². The first-order valence-corrected chi connectivity index (χ1v) is 11.7. The van der Waals surface area contributed by atoms with Crippen LogP contribution in [0.4, 0.5) is 5.69 Å². The van der Waals surface area contributed by atoms with Crippen LogP contribution in [-0.2, 0) is 16.8 Å². The van der Waals surface area contributed by atoms with Crippen molar-refractivity contribution in [3.05, 3.63) is 98.4 Å². The molecule has 1 amide bonds. The summed E-state index contributed by atoms with van der Waals surface area (Å²) in [5.41, 5.74) is 3.61. The zero-order valence-electron chi connectivity index (χ0n) is 19.4. The lowest BCUT2D eigenvalue weighted by Gasteiger charge is -2.19. The SMILES string of the molecule is Cc1csc2nc(COC(=O)c3ccc(NC(=O)c4ccc(C(C)(C)C)cc4)cc3)cc(=O)n12. The Bertz CT molecular complexity index is 1410. The zero-order valence-corrected chi connectivity index (χ0v) is 20.2. The first kappa shape index (κ1) is 23.4. The number of hydrogen-bond donors (Lipinski definition) is 1. The van der Waals surface area contributed by atoms with E-state index in [4.69, 9.17) is 4.74 Å². The van der Waals surface area contributed by atoms with Gasteiger partial charge in [0.15, 0.2) is 4.96 Å². The van der Waals surface area contributed by atoms with Crippen LogP contribution in [0.25, 0.3) is 4.96 Å². The number of thiazole rings is 1. The van der Waals surface area contributed by atoms with Gasteiger partial charge >= 0.3 is 5.97 Å². The number of esters is 1. The van der Waals surface area contributed by atoms with E-state index in [9.17, 15) is 14.4 Å². The van der Waals surface area contributed by atoms with E-state index in [1.54, 1.807) is 36.4 Å². The number of hydrogen-bond acceptors (Lipinski definition) is 6. The van der Waals surface area contributed by atoms with Crippen molar-refractivity contribution in [3.63, 3.8) is 0 Å². The highest BCUT2D eigenvalue weighted by Gasteiger charge is 2.15. The molecule has 0 aliphatic carbocycles. The molecule has 0 atom stereocenters. The van der Waals surface area contributed by atoms with E-state index in [1.807, 2.05) is 24.4 Å². The summed E-state index contributed by atoms with van der Waals surface area (Å²) in [4.78, 5) is 42.1. The Hall–Kier alpha value is -3.78. The van der Waals surface area contributed by atoms with Gasteiger partial charge in [-0.15, -0.1) is 11.3 Å². The largest absolute Gasteiger partial charge is 0.456 e. The lowest BCUT2D eigenvalue weighted by molar-refractivity contribution is 0.0467. The first-order valence-electron chi connectivity index (χ1n) is 10.8. The minimum absolute atomic E-state index is 0.0154. The molecule has 0 radical (unpaired) electrons. The number of nitrogens with one attached hydrogen (secondary N) is 1. The normalized spacial score (nSPS) is 11.4. The molecule has 2 aromatic carbocycles. The molecule has 0 spiro atoms. The predicted octanol–water partition coefficient (Wildman–Crippen LogP) is 4.97. The number of carbonyl (C=O) groups excluding carboxylic acids is 2. The predicted molar refractivity (Wildman–Crippen MR) is 133 cm³/mol. The number of benzene rings is 2. The van der Waals surface area contributed by atoms with Crippen molar-refractivity contribution in [2.45, 2.75) is 39.7 Å². The summed E-state index contributed by atoms with van der Waals surface area (Å²) in [5.74, 6) is -0.771. The van der Waals surface area contributed by atoms with Crippen LogP contribution in [0, 0.1) is 6.92 Å². The Morgan fingerprint density at radius 1 is 1.03 bits per heavy atom. The van der Waals surface area contributed by atoms with Crippen molar-refractivity contribution < 1.29 is 14.3 Å². The molecule has 4 aromatic rings. The van der Waals surface area contributed by atoms with Gasteiger partial charge in [-0.25, -0.2) is 9.78 Å². The molecule has 0 bridgehead atoms. The molecule has 7 nitrogen and oxygen atoms in total. The van der Waals surface area contributed by atoms with Crippen molar-refractivity contribution in [3.8, 4) is 0 Å². The second kappa shape index (κ2) is 9.23. The molecule has 174 valence electrons. The Morgan fingerprint density at radius 2 is 1.68 bits per heavy atom. The van der Waals surface area contributed by atoms with Gasteiger partial charge in [0.2, 0.25) is 0 Å². The highest BCUT2D eigenvalue weighted by atomic mass is 32.1. The van der Waals surface area contributed by atoms with Crippen LogP contribution in [0.3, 0.4) is 0 Å². The molecule has 0 unspecified atom stereocenters. The maximum absolute atomic E-state index is 12.5. The van der Waals surface area contributed by atoms with Crippen molar-refractivity contribution in [1.29, 1.82) is 0 Å². The fourth-order valence-corrected chi connectivity index (χ4v) is 4.30. The lowest BCUT2D eigenvalue weighted by atomic mass is 9.87. The Labute approximate surface area is 201 Å². The van der Waals surface area contributed by atoms with Crippen LogP contribution in [0.15, 0.2) is 64.8 Å². The van der Waals surface area contributed by atoms with E-state index in [1.165, 1.54) is 21.8 Å². The molecule has 0 saturated heterocycles. The minimum Gasteiger partial charge on any atom is -0.456 e. The summed E-state index contributed by atoms with van der Waals surface area (Å²) in [5, 5.41) is 4.68. The molecule has 0 aliphatic rings. The third-order valence-corrected chi connectivity index (χ3v) is 6.31. The van der Waals surface area contributed by atoms with Crippen LogP contribution in [0.5, 0.6) is 0 Å². The molecule has 34 heavy (non-hydrogen) atoms. The molecule has 2 aromatic heterocycles. The van der Waals surface area contributed by atoms with Crippen LogP contribution < -0.4 is 10.9 Å². The fourth-order valence-electron chi connectivity index (χ4n) is 3.41. The molecular weight excluding hydrogens is 450 g/mol. The van der Waals surface area contributed by atoms with Gasteiger partial charge in [0.25, 0.3) is 11.5 Å². The van der Waals surface area contributed by atoms with Crippen molar-refractivity contribution in [2.75, 3.05) is 5.32 Å². The smallest absolute Gasteiger partial charge is 0.338 e. The van der Waals surface area contributed by atoms with Gasteiger partial charge in [-0.05, 0) is 54.3 Å². The Kier molecular flexibility index (Phi) is 6.34. The number of ether oxygens (including phenoxy) is 1. The van der Waals surface area contributed by atoms with Gasteiger partial charge in [0.1, 0.15) is 6.61 Å². The summed E-state index contributed by atoms with van der Waals surface area (Å²) < 4.78 is 6.84. The van der Waals surface area contributed by atoms with E-state index < -0.39 is 5.97 Å². The van der Waals surface area contributed by atoms with Crippen LogP contribution in [0.1, 0.15) is 58.4 Å². The third kappa shape index (κ3) is 5.07. The van der Waals surface area contributed by atoms with E-state index in [2.05, 4.69) is 31.1 Å². The first-order chi connectivity index (χ1) is 16.1. The summed E-state index contributed by atoms with van der Waals surface area (Å²) >= 11 is 1.36. The van der Waals surface area contributed by atoms with E-state index in [-0.39, 0.29) is 23.5 Å². The van der Waals surface area contributed by atoms with Crippen molar-refractivity contribution >= 4 is 33.9 Å². The third-order valence-electron chi connectivity index (χ3n) is 5.37. The van der Waals surface area contributed by atoms with Gasteiger partial charge in [0.05, 0.1) is 11.3 Å². The minimum atomic E-state index is -0.542. The number of amides is 1. The molecule has 0 fully saturated rings. The number of aromatic nitrogens is 2. The molecule has 0 saturated carbocycles. The maximum Gasteiger partial charge on any atom is 0.338 e. The van der Waals surface area contributed by atoms with Gasteiger partial charge < -0.3 is 10.1 Å². The van der Waals surface area contributed by atoms with Gasteiger partial charge in [-0.3, -0.25) is 14.0 Å². The van der Waals surface area contributed by atoms with Gasteiger partial charge in [-0.1, -0.05) is 32.9 Å². The highest BCUT2D eigenvalue weighted by molar-refractivity contribution is 7.15. The van der Waals surface area contributed by atoms with Gasteiger partial charge in [-0.2, -0.15) is 0 Å². The van der Waals surface area contributed by atoms with Crippen LogP contribution >= 0.6 is 11.3 Å². The van der Waals surface area contributed by atoms with E-state index in [0.717, 1.165) is 11.3 Å². The van der Waals surface area contributed by atoms with Gasteiger partial charge in [0, 0.05) is 28.4 Å². The number of anilines is 1. The summed E-state index contributed by atoms with van der Waals surface area (Å²) in [7, 11) is 0. The molecule has 0 aliphatic heterocycles. The second-order valence-electron chi connectivity index (χ2n) is 9.02. The lowest BCUT2D eigenvalue weighted by Crippen LogP contribution is -2.16. The fraction of sp³-hybridized carbons (Fsp3) is 0.231. The van der Waals surface area contributed by atoms with Crippen LogP contribution in [0.2, 0.25) is 0 Å². The summed E-state index contributed by atoms with van der Waals surface area (Å²) in [6.45, 7) is 8.09. The number of fused-ring (bicyclic) bond motifs is 1. The maximum atomic E-state index is 12.5. The number of nitrogens with zero attached hydrogens (tertiary/aromatic N) is 2. The molecule has 2 heterocycles. The topological polar surface area (TPSA) is 89.8 Å². The number of carbonyl (C=O) groups is 2.